The van der Waals surface area contributed by atoms with E-state index in [9.17, 15) is 4.79 Å². The highest BCUT2D eigenvalue weighted by Gasteiger charge is 2.13. The van der Waals surface area contributed by atoms with E-state index in [1.165, 1.54) is 0 Å². The van der Waals surface area contributed by atoms with Crippen LogP contribution in [0.5, 0.6) is 0 Å². The fourth-order valence-electron chi connectivity index (χ4n) is 6.12. The molecule has 5 aromatic heterocycles. The minimum Gasteiger partial charge on any atom is -0.384 e. The van der Waals surface area contributed by atoms with E-state index in [-0.39, 0.29) is 5.91 Å². The van der Waals surface area contributed by atoms with E-state index >= 15 is 0 Å². The summed E-state index contributed by atoms with van der Waals surface area (Å²) in [7, 11) is 6.82. The Morgan fingerprint density at radius 3 is 1.63 bits per heavy atom. The van der Waals surface area contributed by atoms with Crippen LogP contribution < -0.4 is 26.7 Å². The van der Waals surface area contributed by atoms with E-state index in [4.69, 9.17) is 18.9 Å². The van der Waals surface area contributed by atoms with Crippen LogP contribution in [0, 0.1) is 21.4 Å². The van der Waals surface area contributed by atoms with Crippen molar-refractivity contribution in [1.82, 2.24) is 30.2 Å². The molecular formula is C38H44N6O5. The standard InChI is InChI=1S/C38H44N6O5/c1-46-14-9-24-18-32-33-20-26(11-16-48-3)31(42-33)22-36(44-38(45)28-6-5-13-39-23-28)37-27(12-17-49-4)21-35(43-37)34-19-25(10-15-47-2)30(41-34)8-7-29(24)40-32/h5-8,13,18-23,40-43H,9-12,14-17H2,1-4H3,(H,44,45). The predicted molar refractivity (Wildman–Crippen MR) is 188 cm³/mol. The van der Waals surface area contributed by atoms with E-state index in [1.807, 2.05) is 6.08 Å². The monoisotopic (exact) mass is 664 g/mol. The van der Waals surface area contributed by atoms with Crippen LogP contribution in [-0.4, -0.2) is 85.7 Å². The molecule has 1 amide bonds. The number of hydrogen-bond donors (Lipinski definition) is 5. The fourth-order valence-corrected chi connectivity index (χ4v) is 6.12. The van der Waals surface area contributed by atoms with E-state index in [1.54, 1.807) is 53.0 Å². The number of aromatic amines is 4. The van der Waals surface area contributed by atoms with Gasteiger partial charge < -0.3 is 44.2 Å². The summed E-state index contributed by atoms with van der Waals surface area (Å²) in [4.78, 5) is 32.5. The number of nitrogens with zero attached hydrogens (tertiary/aromatic N) is 1. The van der Waals surface area contributed by atoms with Gasteiger partial charge in [0.1, 0.15) is 0 Å². The van der Waals surface area contributed by atoms with Gasteiger partial charge in [-0.25, -0.2) is 0 Å². The van der Waals surface area contributed by atoms with Gasteiger partial charge in [0.25, 0.3) is 5.91 Å². The van der Waals surface area contributed by atoms with Gasteiger partial charge in [-0.05, 0) is 103 Å². The van der Waals surface area contributed by atoms with Gasteiger partial charge in [-0.1, -0.05) is 0 Å². The number of methoxy groups -OCH3 is 4. The van der Waals surface area contributed by atoms with Gasteiger partial charge in [-0.3, -0.25) is 9.78 Å². The molecule has 1 aliphatic heterocycles. The van der Waals surface area contributed by atoms with Gasteiger partial charge in [-0.2, -0.15) is 0 Å². The normalized spacial score (nSPS) is 12.4. The molecule has 0 atom stereocenters. The first-order valence-electron chi connectivity index (χ1n) is 16.5. The van der Waals surface area contributed by atoms with Gasteiger partial charge in [-0.15, -0.1) is 0 Å². The summed E-state index contributed by atoms with van der Waals surface area (Å²) in [6, 6.07) is 12.1. The van der Waals surface area contributed by atoms with Crippen molar-refractivity contribution in [3.63, 3.8) is 0 Å². The number of amides is 1. The number of hydrogen-bond acceptors (Lipinski definition) is 6. The molecule has 0 saturated carbocycles. The van der Waals surface area contributed by atoms with Crippen molar-refractivity contribution in [2.24, 2.45) is 0 Å². The lowest BCUT2D eigenvalue weighted by atomic mass is 10.1. The van der Waals surface area contributed by atoms with Crippen molar-refractivity contribution in [1.29, 1.82) is 0 Å². The lowest BCUT2D eigenvalue weighted by Crippen LogP contribution is -2.29. The second-order valence-corrected chi connectivity index (χ2v) is 12.0. The highest BCUT2D eigenvalue weighted by Crippen LogP contribution is 2.07. The number of H-pyrrole nitrogens is 4. The quantitative estimate of drug-likeness (QED) is 0.121. The third-order valence-corrected chi connectivity index (χ3v) is 8.73. The molecule has 256 valence electrons. The van der Waals surface area contributed by atoms with Crippen LogP contribution in [-0.2, 0) is 44.6 Å². The number of ether oxygens (including phenoxy) is 4. The average molecular weight is 665 g/mol. The van der Waals surface area contributed by atoms with E-state index < -0.39 is 0 Å². The summed E-state index contributed by atoms with van der Waals surface area (Å²) in [5, 5.41) is 10.6. The smallest absolute Gasteiger partial charge is 0.257 e. The maximum atomic E-state index is 13.7. The summed E-state index contributed by atoms with van der Waals surface area (Å²) in [6.45, 7) is 2.24. The molecule has 5 aromatic rings. The maximum absolute atomic E-state index is 13.7. The van der Waals surface area contributed by atoms with Crippen LogP contribution >= 0.6 is 0 Å². The van der Waals surface area contributed by atoms with Gasteiger partial charge in [0, 0.05) is 56.9 Å². The molecule has 8 bridgehead atoms. The lowest BCUT2D eigenvalue weighted by Gasteiger charge is -2.07. The molecule has 5 N–H and O–H groups in total. The number of carbonyl (C=O) groups excluding carboxylic acids is 1. The molecule has 0 spiro atoms. The van der Waals surface area contributed by atoms with Crippen molar-refractivity contribution >= 4 is 29.8 Å². The molecule has 0 aliphatic carbocycles. The van der Waals surface area contributed by atoms with Crippen LogP contribution in [0.15, 0.2) is 48.8 Å². The number of pyridine rings is 1. The molecular weight excluding hydrogens is 620 g/mol. The molecule has 6 heterocycles. The SMILES string of the molecule is COCCc1cc2[nH]c1=CC=c1[nH]c(cc1CCOC)=c1cc(CCOC)c([nH]1)=C(NC(=O)c1cccnc1)C=c1[nH]c=2cc1CCOC. The van der Waals surface area contributed by atoms with Crippen molar-refractivity contribution in [2.75, 3.05) is 54.9 Å². The number of aromatic nitrogens is 5. The number of fused-ring (bicyclic) bond motifs is 8. The van der Waals surface area contributed by atoms with E-state index in [2.05, 4.69) is 66.7 Å². The fraction of sp³-hybridized carbons (Fsp3) is 0.316. The Balaban J connectivity index is 1.74. The van der Waals surface area contributed by atoms with Crippen molar-refractivity contribution in [3.05, 3.63) is 119 Å². The van der Waals surface area contributed by atoms with Crippen molar-refractivity contribution < 1.29 is 23.7 Å². The number of rotatable bonds is 14. The zero-order valence-corrected chi connectivity index (χ0v) is 28.5. The molecule has 1 aliphatic rings. The maximum Gasteiger partial charge on any atom is 0.257 e. The Kier molecular flexibility index (Phi) is 11.1. The minimum atomic E-state index is -0.265. The van der Waals surface area contributed by atoms with Crippen LogP contribution in [0.3, 0.4) is 0 Å². The molecule has 11 nitrogen and oxygen atoms in total. The third kappa shape index (κ3) is 7.87. The van der Waals surface area contributed by atoms with Gasteiger partial charge >= 0.3 is 0 Å². The molecule has 0 radical (unpaired) electrons. The molecule has 0 aromatic carbocycles. The number of nitrogens with one attached hydrogen (secondary N) is 5. The zero-order chi connectivity index (χ0) is 34.2. The average Bonchev–Trinajstić information content (AvgIpc) is 3.91. The first-order chi connectivity index (χ1) is 24.0. The Morgan fingerprint density at radius 1 is 0.653 bits per heavy atom. The van der Waals surface area contributed by atoms with E-state index in [0.717, 1.165) is 77.9 Å². The first kappa shape index (κ1) is 33.9. The van der Waals surface area contributed by atoms with Crippen LogP contribution in [0.1, 0.15) is 32.6 Å². The van der Waals surface area contributed by atoms with Gasteiger partial charge in [0.2, 0.25) is 0 Å². The summed E-state index contributed by atoms with van der Waals surface area (Å²) < 4.78 is 21.9. The predicted octanol–water partition coefficient (Wildman–Crippen LogP) is 1.32. The minimum absolute atomic E-state index is 0.265. The Morgan fingerprint density at radius 2 is 1.12 bits per heavy atom. The largest absolute Gasteiger partial charge is 0.384 e. The topological polar surface area (TPSA) is 142 Å². The summed E-state index contributed by atoms with van der Waals surface area (Å²) in [5.41, 5.74) is 5.41. The van der Waals surface area contributed by atoms with Crippen LogP contribution in [0.4, 0.5) is 0 Å². The molecule has 49 heavy (non-hydrogen) atoms. The van der Waals surface area contributed by atoms with E-state index in [0.29, 0.717) is 50.5 Å². The van der Waals surface area contributed by atoms with Crippen molar-refractivity contribution in [3.8, 4) is 0 Å². The number of carbonyl (C=O) groups is 1. The second-order valence-electron chi connectivity index (χ2n) is 12.0. The lowest BCUT2D eigenvalue weighted by molar-refractivity contribution is 0.0973. The highest BCUT2D eigenvalue weighted by molar-refractivity contribution is 6.00. The summed E-state index contributed by atoms with van der Waals surface area (Å²) >= 11 is 0. The first-order valence-corrected chi connectivity index (χ1v) is 16.5. The molecule has 11 heteroatoms. The Labute approximate surface area is 283 Å². The van der Waals surface area contributed by atoms with Crippen LogP contribution in [0.25, 0.3) is 23.9 Å². The van der Waals surface area contributed by atoms with Gasteiger partial charge in [0.15, 0.2) is 0 Å². The third-order valence-electron chi connectivity index (χ3n) is 8.73. The molecule has 0 saturated heterocycles. The van der Waals surface area contributed by atoms with Crippen LogP contribution in [0.2, 0.25) is 0 Å². The Bertz CT molecular complexity index is 2350. The molecule has 0 unspecified atom stereocenters. The Hall–Kier alpha value is -4.94. The second kappa shape index (κ2) is 16.0. The zero-order valence-electron chi connectivity index (χ0n) is 28.5. The van der Waals surface area contributed by atoms with Gasteiger partial charge in [0.05, 0.1) is 64.4 Å². The molecule has 0 fully saturated rings. The molecule has 6 rings (SSSR count). The van der Waals surface area contributed by atoms with Crippen molar-refractivity contribution in [2.45, 2.75) is 25.7 Å². The summed E-state index contributed by atoms with van der Waals surface area (Å²) in [5.74, 6) is -0.265. The highest BCUT2D eigenvalue weighted by atomic mass is 16.5. The summed E-state index contributed by atoms with van der Waals surface area (Å²) in [6.07, 6.45) is 12.3.